The van der Waals surface area contributed by atoms with Gasteiger partial charge in [-0.2, -0.15) is 23.5 Å². The SMILES string of the molecule is CSCCC(NC(=O)C(N)CC(N)=O)C(=O)NC(CCSC)C(=O)NC(CO)C(=O)O. The number of carboxylic acids is 1. The Morgan fingerprint density at radius 2 is 1.26 bits per heavy atom. The normalized spacial score (nSPS) is 14.6. The van der Waals surface area contributed by atoms with E-state index in [2.05, 4.69) is 16.0 Å². The van der Waals surface area contributed by atoms with Crippen LogP contribution in [-0.4, -0.2) is 94.6 Å². The molecule has 0 aliphatic rings. The van der Waals surface area contributed by atoms with Crippen LogP contribution in [0.5, 0.6) is 0 Å². The molecule has 14 heteroatoms. The summed E-state index contributed by atoms with van der Waals surface area (Å²) in [5.74, 6) is -3.36. The minimum atomic E-state index is -1.51. The quantitative estimate of drug-likeness (QED) is 0.120. The summed E-state index contributed by atoms with van der Waals surface area (Å²) in [6.45, 7) is -0.811. The number of amides is 4. The highest BCUT2D eigenvalue weighted by molar-refractivity contribution is 7.98. The topological polar surface area (TPSA) is 214 Å². The zero-order chi connectivity index (χ0) is 24.0. The van der Waals surface area contributed by atoms with Gasteiger partial charge in [-0.3, -0.25) is 19.2 Å². The van der Waals surface area contributed by atoms with Gasteiger partial charge in [0.05, 0.1) is 19.1 Å². The van der Waals surface area contributed by atoms with Gasteiger partial charge in [-0.15, -0.1) is 0 Å². The fourth-order valence-corrected chi connectivity index (χ4v) is 3.27. The zero-order valence-corrected chi connectivity index (χ0v) is 19.1. The number of carboxylic acid groups (broad SMARTS) is 1. The Morgan fingerprint density at radius 1 is 0.839 bits per heavy atom. The molecule has 0 aliphatic carbocycles. The molecule has 0 aromatic carbocycles. The predicted octanol–water partition coefficient (Wildman–Crippen LogP) is -2.77. The van der Waals surface area contributed by atoms with E-state index in [4.69, 9.17) is 21.7 Å². The third kappa shape index (κ3) is 11.8. The Morgan fingerprint density at radius 3 is 1.61 bits per heavy atom. The number of rotatable bonds is 16. The molecule has 0 radical (unpaired) electrons. The molecule has 12 nitrogen and oxygen atoms in total. The van der Waals surface area contributed by atoms with Crippen LogP contribution in [0.3, 0.4) is 0 Å². The lowest BCUT2D eigenvalue weighted by atomic mass is 10.1. The van der Waals surface area contributed by atoms with Crippen LogP contribution in [0.4, 0.5) is 0 Å². The van der Waals surface area contributed by atoms with E-state index < -0.39 is 60.4 Å². The first-order chi connectivity index (χ1) is 14.6. The molecule has 0 rings (SSSR count). The summed E-state index contributed by atoms with van der Waals surface area (Å²) in [4.78, 5) is 59.5. The Labute approximate surface area is 189 Å². The van der Waals surface area contributed by atoms with Gasteiger partial charge in [-0.25, -0.2) is 4.79 Å². The van der Waals surface area contributed by atoms with Crippen molar-refractivity contribution in [1.82, 2.24) is 16.0 Å². The van der Waals surface area contributed by atoms with Crippen molar-refractivity contribution in [3.8, 4) is 0 Å². The molecule has 0 spiro atoms. The second kappa shape index (κ2) is 15.7. The molecule has 0 bridgehead atoms. The van der Waals surface area contributed by atoms with Crippen LogP contribution in [0.1, 0.15) is 19.3 Å². The summed E-state index contributed by atoms with van der Waals surface area (Å²) in [6.07, 6.45) is 3.64. The van der Waals surface area contributed by atoms with E-state index in [9.17, 15) is 24.0 Å². The number of nitrogens with two attached hydrogens (primary N) is 2. The summed E-state index contributed by atoms with van der Waals surface area (Å²) < 4.78 is 0. The lowest BCUT2D eigenvalue weighted by Gasteiger charge is -2.24. The number of carbonyl (C=O) groups is 5. The molecule has 0 saturated heterocycles. The van der Waals surface area contributed by atoms with Gasteiger partial charge in [0.2, 0.25) is 23.6 Å². The van der Waals surface area contributed by atoms with E-state index in [0.717, 1.165) is 0 Å². The van der Waals surface area contributed by atoms with Gasteiger partial charge in [0.25, 0.3) is 0 Å². The van der Waals surface area contributed by atoms with Gasteiger partial charge in [-0.1, -0.05) is 0 Å². The standard InChI is InChI=1S/C17H31N5O7S2/c1-30-5-3-10(20-14(25)9(18)7-13(19)24)15(26)21-11(4-6-31-2)16(27)22-12(8-23)17(28)29/h9-12,23H,3-8,18H2,1-2H3,(H2,19,24)(H,20,25)(H,21,26)(H,22,27)(H,28,29). The van der Waals surface area contributed by atoms with Crippen molar-refractivity contribution in [3.63, 3.8) is 0 Å². The van der Waals surface area contributed by atoms with Gasteiger partial charge in [0.15, 0.2) is 0 Å². The summed E-state index contributed by atoms with van der Waals surface area (Å²) in [6, 6.07) is -4.85. The van der Waals surface area contributed by atoms with Crippen LogP contribution in [0.15, 0.2) is 0 Å². The maximum atomic E-state index is 12.8. The average molecular weight is 482 g/mol. The highest BCUT2D eigenvalue weighted by Crippen LogP contribution is 2.06. The van der Waals surface area contributed by atoms with Crippen LogP contribution >= 0.6 is 23.5 Å². The van der Waals surface area contributed by atoms with Gasteiger partial charge in [-0.05, 0) is 36.9 Å². The molecule has 9 N–H and O–H groups in total. The van der Waals surface area contributed by atoms with E-state index in [-0.39, 0.29) is 19.3 Å². The predicted molar refractivity (Wildman–Crippen MR) is 118 cm³/mol. The molecular formula is C17H31N5O7S2. The summed E-state index contributed by atoms with van der Waals surface area (Å²) in [7, 11) is 0. The monoisotopic (exact) mass is 481 g/mol. The molecular weight excluding hydrogens is 450 g/mol. The Bertz CT molecular complexity index is 638. The van der Waals surface area contributed by atoms with E-state index in [1.807, 2.05) is 6.26 Å². The van der Waals surface area contributed by atoms with Crippen LogP contribution in [0.2, 0.25) is 0 Å². The first-order valence-electron chi connectivity index (χ1n) is 9.33. The highest BCUT2D eigenvalue weighted by atomic mass is 32.2. The van der Waals surface area contributed by atoms with Gasteiger partial charge >= 0.3 is 5.97 Å². The molecule has 4 amide bonds. The largest absolute Gasteiger partial charge is 0.480 e. The van der Waals surface area contributed by atoms with Gasteiger partial charge in [0.1, 0.15) is 18.1 Å². The molecule has 0 aliphatic heterocycles. The number of aliphatic carboxylic acids is 1. The maximum Gasteiger partial charge on any atom is 0.328 e. The molecule has 31 heavy (non-hydrogen) atoms. The first kappa shape index (κ1) is 29.0. The molecule has 0 saturated carbocycles. The smallest absolute Gasteiger partial charge is 0.328 e. The van der Waals surface area contributed by atoms with E-state index in [1.54, 1.807) is 6.26 Å². The van der Waals surface area contributed by atoms with Crippen molar-refractivity contribution in [1.29, 1.82) is 0 Å². The number of aliphatic hydroxyl groups excluding tert-OH is 1. The number of thioether (sulfide) groups is 2. The lowest BCUT2D eigenvalue weighted by molar-refractivity contribution is -0.143. The molecule has 178 valence electrons. The summed E-state index contributed by atoms with van der Waals surface area (Å²) in [5.41, 5.74) is 10.6. The molecule has 0 fully saturated rings. The number of nitrogens with one attached hydrogen (secondary N) is 3. The summed E-state index contributed by atoms with van der Waals surface area (Å²) in [5, 5.41) is 25.2. The number of carbonyl (C=O) groups excluding carboxylic acids is 4. The van der Waals surface area contributed by atoms with Crippen molar-refractivity contribution in [2.75, 3.05) is 30.6 Å². The third-order valence-electron chi connectivity index (χ3n) is 4.04. The second-order valence-electron chi connectivity index (χ2n) is 6.54. The molecule has 0 aromatic heterocycles. The van der Waals surface area contributed by atoms with Crippen LogP contribution in [0.25, 0.3) is 0 Å². The fourth-order valence-electron chi connectivity index (χ4n) is 2.33. The van der Waals surface area contributed by atoms with Crippen molar-refractivity contribution >= 4 is 53.1 Å². The van der Waals surface area contributed by atoms with Gasteiger partial charge in [0, 0.05) is 0 Å². The second-order valence-corrected chi connectivity index (χ2v) is 8.52. The number of aliphatic hydroxyl groups is 1. The minimum absolute atomic E-state index is 0.195. The number of hydrogen-bond donors (Lipinski definition) is 7. The van der Waals surface area contributed by atoms with E-state index in [1.165, 1.54) is 23.5 Å². The molecule has 0 heterocycles. The zero-order valence-electron chi connectivity index (χ0n) is 17.5. The maximum absolute atomic E-state index is 12.8. The van der Waals surface area contributed by atoms with Crippen molar-refractivity contribution in [2.24, 2.45) is 11.5 Å². The van der Waals surface area contributed by atoms with E-state index in [0.29, 0.717) is 11.5 Å². The fraction of sp³-hybridized carbons (Fsp3) is 0.706. The van der Waals surface area contributed by atoms with Crippen LogP contribution in [-0.2, 0) is 24.0 Å². The molecule has 0 aromatic rings. The summed E-state index contributed by atoms with van der Waals surface area (Å²) >= 11 is 2.85. The lowest BCUT2D eigenvalue weighted by Crippen LogP contribution is -2.57. The Hall–Kier alpha value is -2.03. The van der Waals surface area contributed by atoms with Crippen molar-refractivity contribution < 1.29 is 34.2 Å². The van der Waals surface area contributed by atoms with Crippen molar-refractivity contribution in [3.05, 3.63) is 0 Å². The first-order valence-corrected chi connectivity index (χ1v) is 12.1. The van der Waals surface area contributed by atoms with Crippen LogP contribution in [0, 0.1) is 0 Å². The highest BCUT2D eigenvalue weighted by Gasteiger charge is 2.30. The van der Waals surface area contributed by atoms with E-state index >= 15 is 0 Å². The minimum Gasteiger partial charge on any atom is -0.480 e. The average Bonchev–Trinajstić information content (AvgIpc) is 2.70. The Kier molecular flexibility index (Phi) is 14.7. The van der Waals surface area contributed by atoms with Crippen molar-refractivity contribution in [2.45, 2.75) is 43.4 Å². The third-order valence-corrected chi connectivity index (χ3v) is 5.33. The number of primary amides is 1. The Balaban J connectivity index is 5.32. The molecule has 4 atom stereocenters. The van der Waals surface area contributed by atoms with Gasteiger partial charge < -0.3 is 37.6 Å². The number of hydrogen-bond acceptors (Lipinski definition) is 9. The van der Waals surface area contributed by atoms with Crippen LogP contribution < -0.4 is 27.4 Å². The molecule has 4 unspecified atom stereocenters.